The second-order valence-electron chi connectivity index (χ2n) is 13.9. The molecular weight excluding hydrogens is 611 g/mol. The second-order valence-corrected chi connectivity index (χ2v) is 15.3. The van der Waals surface area contributed by atoms with Gasteiger partial charge in [-0.3, -0.25) is 9.36 Å². The van der Waals surface area contributed by atoms with Crippen LogP contribution in [0.25, 0.3) is 0 Å². The summed E-state index contributed by atoms with van der Waals surface area (Å²) in [6.45, 7) is 4.34. The highest BCUT2D eigenvalue weighted by atomic mass is 31.2. The number of amides is 1. The highest BCUT2D eigenvalue weighted by Crippen LogP contribution is 2.38. The van der Waals surface area contributed by atoms with Gasteiger partial charge in [-0.25, -0.2) is 0 Å². The van der Waals surface area contributed by atoms with Gasteiger partial charge in [-0.2, -0.15) is 0 Å². The minimum atomic E-state index is -4.57. The third-order valence-corrected chi connectivity index (χ3v) is 9.04. The molecule has 3 atom stereocenters. The Bertz CT molecular complexity index is 871. The molecule has 0 aromatic carbocycles. The van der Waals surface area contributed by atoms with Crippen molar-refractivity contribution < 1.29 is 32.9 Å². The number of hydrogen-bond donors (Lipinski definition) is 2. The molecular formula is C38H73N2O6P. The molecule has 0 spiro atoms. The number of rotatable bonds is 33. The Balaban J connectivity index is 4.15. The fourth-order valence-corrected chi connectivity index (χ4v) is 5.71. The van der Waals surface area contributed by atoms with Crippen molar-refractivity contribution in [2.24, 2.45) is 0 Å². The lowest BCUT2D eigenvalue weighted by molar-refractivity contribution is -0.870. The lowest BCUT2D eigenvalue weighted by atomic mass is 10.0. The zero-order valence-electron chi connectivity index (χ0n) is 31.0. The van der Waals surface area contributed by atoms with Crippen molar-refractivity contribution in [3.8, 4) is 0 Å². The molecule has 0 radical (unpaired) electrons. The zero-order valence-corrected chi connectivity index (χ0v) is 31.9. The largest absolute Gasteiger partial charge is 0.756 e. The standard InChI is InChI=1S/C38H73N2O6P/c1-6-8-10-11-12-13-14-15-16-17-18-19-20-21-22-23-24-25-26-27-28-29-30-31-37(41)36(39-38(42)32-9-7-2)35-46-47(43,44)45-34-33-40(3,4)5/h22-23,26-27,30-31,36-37,41H,6-21,24-25,28-29,32-35H2,1-5H3,(H-,39,42,43,44)/b23-22+,27-26+,31-30+. The van der Waals surface area contributed by atoms with Crippen LogP contribution in [0.4, 0.5) is 0 Å². The summed E-state index contributed by atoms with van der Waals surface area (Å²) in [4.78, 5) is 24.5. The predicted octanol–water partition coefficient (Wildman–Crippen LogP) is 8.94. The second kappa shape index (κ2) is 30.8. The van der Waals surface area contributed by atoms with Crippen molar-refractivity contribution in [1.82, 2.24) is 5.32 Å². The Morgan fingerprint density at radius 1 is 0.723 bits per heavy atom. The summed E-state index contributed by atoms with van der Waals surface area (Å²) in [5.41, 5.74) is 0. The van der Waals surface area contributed by atoms with Gasteiger partial charge in [0, 0.05) is 6.42 Å². The van der Waals surface area contributed by atoms with E-state index in [1.807, 2.05) is 34.1 Å². The number of phosphoric acid groups is 1. The van der Waals surface area contributed by atoms with Gasteiger partial charge in [-0.05, 0) is 44.9 Å². The van der Waals surface area contributed by atoms with Gasteiger partial charge in [-0.1, -0.05) is 134 Å². The topological polar surface area (TPSA) is 108 Å². The van der Waals surface area contributed by atoms with Crippen molar-refractivity contribution >= 4 is 13.7 Å². The number of carbonyl (C=O) groups excluding carboxylic acids is 1. The van der Waals surface area contributed by atoms with Crippen LogP contribution in [0.15, 0.2) is 36.5 Å². The van der Waals surface area contributed by atoms with Crippen molar-refractivity contribution in [2.75, 3.05) is 40.9 Å². The number of quaternary nitrogens is 1. The number of allylic oxidation sites excluding steroid dienone is 5. The number of phosphoric ester groups is 1. The molecule has 47 heavy (non-hydrogen) atoms. The van der Waals surface area contributed by atoms with Crippen molar-refractivity contribution in [1.29, 1.82) is 0 Å². The molecule has 0 fully saturated rings. The first kappa shape index (κ1) is 45.7. The zero-order chi connectivity index (χ0) is 35.1. The van der Waals surface area contributed by atoms with Crippen molar-refractivity contribution in [2.45, 2.75) is 161 Å². The molecule has 0 aromatic heterocycles. The first-order valence-corrected chi connectivity index (χ1v) is 20.3. The molecule has 0 saturated heterocycles. The van der Waals surface area contributed by atoms with Gasteiger partial charge in [0.2, 0.25) is 5.91 Å². The fraction of sp³-hybridized carbons (Fsp3) is 0.816. The maximum absolute atomic E-state index is 12.3. The quantitative estimate of drug-likeness (QED) is 0.0309. The van der Waals surface area contributed by atoms with E-state index in [1.165, 1.54) is 89.9 Å². The first-order chi connectivity index (χ1) is 22.5. The number of aliphatic hydroxyl groups excluding tert-OH is 1. The van der Waals surface area contributed by atoms with E-state index in [9.17, 15) is 19.4 Å². The smallest absolute Gasteiger partial charge is 0.268 e. The average molecular weight is 685 g/mol. The van der Waals surface area contributed by atoms with E-state index in [0.717, 1.165) is 32.1 Å². The summed E-state index contributed by atoms with van der Waals surface area (Å²) >= 11 is 0. The van der Waals surface area contributed by atoms with E-state index >= 15 is 0 Å². The van der Waals surface area contributed by atoms with E-state index in [-0.39, 0.29) is 12.5 Å². The number of likely N-dealkylation sites (N-methyl/N-ethyl adjacent to an activating group) is 1. The van der Waals surface area contributed by atoms with Crippen LogP contribution in [0.2, 0.25) is 0 Å². The van der Waals surface area contributed by atoms with Crippen LogP contribution in [-0.4, -0.2) is 68.5 Å². The molecule has 0 bridgehead atoms. The molecule has 0 aliphatic rings. The maximum Gasteiger partial charge on any atom is 0.268 e. The number of carbonyl (C=O) groups is 1. The van der Waals surface area contributed by atoms with Gasteiger partial charge < -0.3 is 28.8 Å². The van der Waals surface area contributed by atoms with Gasteiger partial charge in [0.1, 0.15) is 13.2 Å². The minimum absolute atomic E-state index is 0.0103. The predicted molar refractivity (Wildman–Crippen MR) is 196 cm³/mol. The molecule has 2 N–H and O–H groups in total. The Kier molecular flexibility index (Phi) is 29.9. The maximum atomic E-state index is 12.3. The number of unbranched alkanes of at least 4 members (excludes halogenated alkanes) is 16. The molecule has 0 rings (SSSR count). The molecule has 0 aliphatic carbocycles. The first-order valence-electron chi connectivity index (χ1n) is 18.9. The summed E-state index contributed by atoms with van der Waals surface area (Å²) in [7, 11) is 1.22. The van der Waals surface area contributed by atoms with Gasteiger partial charge in [0.05, 0.1) is 39.9 Å². The number of aliphatic hydroxyl groups is 1. The van der Waals surface area contributed by atoms with Crippen LogP contribution in [-0.2, 0) is 18.4 Å². The van der Waals surface area contributed by atoms with Crippen LogP contribution < -0.4 is 10.2 Å². The SMILES string of the molecule is CCCCCCCCCCCCCCC/C=C/CC/C=C/CC/C=C/C(O)C(COP(=O)([O-])OCC[N+](C)(C)C)NC(=O)CCCC. The van der Waals surface area contributed by atoms with Crippen LogP contribution in [0.3, 0.4) is 0 Å². The fourth-order valence-electron chi connectivity index (χ4n) is 4.98. The van der Waals surface area contributed by atoms with Crippen molar-refractivity contribution in [3.05, 3.63) is 36.5 Å². The average Bonchev–Trinajstić information content (AvgIpc) is 3.01. The Labute approximate surface area is 289 Å². The van der Waals surface area contributed by atoms with Crippen LogP contribution in [0.1, 0.15) is 149 Å². The van der Waals surface area contributed by atoms with Crippen LogP contribution in [0.5, 0.6) is 0 Å². The number of hydrogen-bond acceptors (Lipinski definition) is 6. The Morgan fingerprint density at radius 3 is 1.70 bits per heavy atom. The Hall–Kier alpha value is -1.28. The monoisotopic (exact) mass is 685 g/mol. The van der Waals surface area contributed by atoms with E-state index in [1.54, 1.807) is 6.08 Å². The van der Waals surface area contributed by atoms with E-state index < -0.39 is 26.6 Å². The summed E-state index contributed by atoms with van der Waals surface area (Å²) in [5.74, 6) is -0.249. The van der Waals surface area contributed by atoms with Gasteiger partial charge in [0.15, 0.2) is 0 Å². The minimum Gasteiger partial charge on any atom is -0.756 e. The highest BCUT2D eigenvalue weighted by molar-refractivity contribution is 7.45. The summed E-state index contributed by atoms with van der Waals surface area (Å²) in [5, 5.41) is 13.4. The van der Waals surface area contributed by atoms with Crippen molar-refractivity contribution in [3.63, 3.8) is 0 Å². The van der Waals surface area contributed by atoms with Gasteiger partial charge in [-0.15, -0.1) is 0 Å². The third-order valence-electron chi connectivity index (χ3n) is 8.08. The lowest BCUT2D eigenvalue weighted by Crippen LogP contribution is -2.45. The summed E-state index contributed by atoms with van der Waals surface area (Å²) in [6.07, 6.45) is 36.0. The molecule has 0 heterocycles. The number of nitrogens with zero attached hydrogens (tertiary/aromatic N) is 1. The van der Waals surface area contributed by atoms with E-state index in [4.69, 9.17) is 9.05 Å². The molecule has 0 saturated carbocycles. The highest BCUT2D eigenvalue weighted by Gasteiger charge is 2.23. The normalized spacial score (nSPS) is 15.1. The van der Waals surface area contributed by atoms with Gasteiger partial charge in [0.25, 0.3) is 7.82 Å². The van der Waals surface area contributed by atoms with E-state index in [2.05, 4.69) is 36.5 Å². The lowest BCUT2D eigenvalue weighted by Gasteiger charge is -2.29. The van der Waals surface area contributed by atoms with E-state index in [0.29, 0.717) is 23.9 Å². The molecule has 1 amide bonds. The van der Waals surface area contributed by atoms with Crippen LogP contribution >= 0.6 is 7.82 Å². The number of nitrogens with one attached hydrogen (secondary N) is 1. The molecule has 0 aliphatic heterocycles. The molecule has 9 heteroatoms. The summed E-state index contributed by atoms with van der Waals surface area (Å²) in [6, 6.07) is -0.901. The van der Waals surface area contributed by atoms with Crippen LogP contribution in [0, 0.1) is 0 Å². The molecule has 276 valence electrons. The molecule has 3 unspecified atom stereocenters. The van der Waals surface area contributed by atoms with Gasteiger partial charge >= 0.3 is 0 Å². The Morgan fingerprint density at radius 2 is 1.19 bits per heavy atom. The molecule has 0 aromatic rings. The summed E-state index contributed by atoms with van der Waals surface area (Å²) < 4.78 is 22.8. The molecule has 8 nitrogen and oxygen atoms in total. The third kappa shape index (κ3) is 33.0.